The molecule has 0 amide bonds. The average molecular weight is 460 g/mol. The van der Waals surface area contributed by atoms with Crippen LogP contribution in [0, 0.1) is 23.7 Å². The third-order valence-electron chi connectivity index (χ3n) is 7.01. The van der Waals surface area contributed by atoms with E-state index < -0.39 is 0 Å². The van der Waals surface area contributed by atoms with Gasteiger partial charge < -0.3 is 14.6 Å². The number of benzene rings is 1. The van der Waals surface area contributed by atoms with Crippen LogP contribution < -0.4 is 10.2 Å². The zero-order chi connectivity index (χ0) is 24.1. The molecule has 34 heavy (non-hydrogen) atoms. The molecule has 0 radical (unpaired) electrons. The summed E-state index contributed by atoms with van der Waals surface area (Å²) in [4.78, 5) is 6.50. The minimum atomic E-state index is 0.434. The lowest BCUT2D eigenvalue weighted by molar-refractivity contribution is 0.218. The first-order chi connectivity index (χ1) is 16.4. The van der Waals surface area contributed by atoms with Gasteiger partial charge in [-0.2, -0.15) is 0 Å². The van der Waals surface area contributed by atoms with Crippen molar-refractivity contribution in [1.29, 1.82) is 0 Å². The third-order valence-corrected chi connectivity index (χ3v) is 7.01. The molecule has 6 heteroatoms. The number of rotatable bonds is 9. The minimum Gasteiger partial charge on any atom is -0.421 e. The lowest BCUT2D eigenvalue weighted by atomic mass is 9.70. The maximum Gasteiger partial charge on any atom is 0.247 e. The number of nitrogens with one attached hydrogen (secondary N) is 1. The van der Waals surface area contributed by atoms with E-state index in [1.165, 1.54) is 5.57 Å². The summed E-state index contributed by atoms with van der Waals surface area (Å²) in [5, 5.41) is 12.3. The molecule has 3 aromatic rings. The summed E-state index contributed by atoms with van der Waals surface area (Å²) >= 11 is 0. The number of hydrogen-bond donors (Lipinski definition) is 1. The Morgan fingerprint density at radius 3 is 2.56 bits per heavy atom. The summed E-state index contributed by atoms with van der Waals surface area (Å²) < 4.78 is 6.08. The molecule has 2 heterocycles. The number of nitrogens with zero attached hydrogens (tertiary/aromatic N) is 4. The Kier molecular flexibility index (Phi) is 7.78. The fourth-order valence-corrected chi connectivity index (χ4v) is 4.94. The molecule has 0 saturated carbocycles. The van der Waals surface area contributed by atoms with Crippen LogP contribution in [0.1, 0.15) is 38.8 Å². The SMILES string of the molecule is CC1=C[C@@H](CNCc2ccccn2)[C@H](C(C)C)C[C@H]1Cc1nnc(-c2ccc(N(C)C)cc2)o1. The van der Waals surface area contributed by atoms with Gasteiger partial charge in [0.05, 0.1) is 5.69 Å². The topological polar surface area (TPSA) is 67.1 Å². The van der Waals surface area contributed by atoms with Gasteiger partial charge in [0.2, 0.25) is 11.8 Å². The molecule has 6 nitrogen and oxygen atoms in total. The summed E-state index contributed by atoms with van der Waals surface area (Å²) in [7, 11) is 4.07. The Hall–Kier alpha value is -2.99. The quantitative estimate of drug-likeness (QED) is 0.433. The van der Waals surface area contributed by atoms with Gasteiger partial charge in [-0.3, -0.25) is 4.98 Å². The van der Waals surface area contributed by atoms with Crippen LogP contribution >= 0.6 is 0 Å². The van der Waals surface area contributed by atoms with Crippen molar-refractivity contribution >= 4 is 5.69 Å². The second-order valence-electron chi connectivity index (χ2n) is 10.0. The molecule has 0 unspecified atom stereocenters. The molecular weight excluding hydrogens is 422 g/mol. The zero-order valence-electron chi connectivity index (χ0n) is 21.0. The van der Waals surface area contributed by atoms with Crippen molar-refractivity contribution in [1.82, 2.24) is 20.5 Å². The van der Waals surface area contributed by atoms with E-state index in [0.717, 1.165) is 48.8 Å². The normalized spacial score (nSPS) is 20.4. The fourth-order valence-electron chi connectivity index (χ4n) is 4.94. The molecule has 0 fully saturated rings. The molecule has 180 valence electrons. The van der Waals surface area contributed by atoms with Crippen molar-refractivity contribution in [3.63, 3.8) is 0 Å². The third kappa shape index (κ3) is 5.92. The second kappa shape index (κ2) is 11.0. The van der Waals surface area contributed by atoms with Crippen LogP contribution in [0.3, 0.4) is 0 Å². The summed E-state index contributed by atoms with van der Waals surface area (Å²) in [6.07, 6.45) is 6.26. The Balaban J connectivity index is 1.40. The molecule has 2 aromatic heterocycles. The molecule has 0 aliphatic heterocycles. The Morgan fingerprint density at radius 1 is 1.09 bits per heavy atom. The summed E-state index contributed by atoms with van der Waals surface area (Å²) in [6.45, 7) is 8.70. The van der Waals surface area contributed by atoms with Crippen LogP contribution in [-0.2, 0) is 13.0 Å². The molecular formula is C28H37N5O. The highest BCUT2D eigenvalue weighted by Gasteiger charge is 2.32. The molecule has 1 aliphatic rings. The largest absolute Gasteiger partial charge is 0.421 e. The Bertz CT molecular complexity index is 1070. The Morgan fingerprint density at radius 2 is 1.88 bits per heavy atom. The fraction of sp³-hybridized carbons (Fsp3) is 0.464. The molecule has 4 rings (SSSR count). The number of aromatic nitrogens is 3. The monoisotopic (exact) mass is 459 g/mol. The van der Waals surface area contributed by atoms with Crippen molar-refractivity contribution in [2.75, 3.05) is 25.5 Å². The van der Waals surface area contributed by atoms with Crippen molar-refractivity contribution in [3.8, 4) is 11.5 Å². The van der Waals surface area contributed by atoms with Gasteiger partial charge in [-0.05, 0) is 73.4 Å². The van der Waals surface area contributed by atoms with Gasteiger partial charge in [0, 0.05) is 51.1 Å². The summed E-state index contributed by atoms with van der Waals surface area (Å²) in [5.41, 5.74) is 4.62. The first kappa shape index (κ1) is 24.1. The van der Waals surface area contributed by atoms with Gasteiger partial charge in [0.1, 0.15) is 0 Å². The van der Waals surface area contributed by atoms with E-state index in [2.05, 4.69) is 70.4 Å². The second-order valence-corrected chi connectivity index (χ2v) is 10.0. The van der Waals surface area contributed by atoms with Gasteiger partial charge in [-0.15, -0.1) is 10.2 Å². The van der Waals surface area contributed by atoms with E-state index in [1.54, 1.807) is 0 Å². The van der Waals surface area contributed by atoms with Crippen LogP contribution in [0.2, 0.25) is 0 Å². The molecule has 1 N–H and O–H groups in total. The maximum atomic E-state index is 6.08. The van der Waals surface area contributed by atoms with E-state index in [-0.39, 0.29) is 0 Å². The lowest BCUT2D eigenvalue weighted by Gasteiger charge is -2.37. The molecule has 0 bridgehead atoms. The number of hydrogen-bond acceptors (Lipinski definition) is 6. The maximum absolute atomic E-state index is 6.08. The van der Waals surface area contributed by atoms with Gasteiger partial charge in [-0.1, -0.05) is 31.6 Å². The number of allylic oxidation sites excluding steroid dienone is 1. The van der Waals surface area contributed by atoms with Crippen LogP contribution in [0.4, 0.5) is 5.69 Å². The highest BCUT2D eigenvalue weighted by atomic mass is 16.4. The van der Waals surface area contributed by atoms with Crippen LogP contribution in [0.15, 0.2) is 64.7 Å². The van der Waals surface area contributed by atoms with Crippen molar-refractivity contribution in [3.05, 3.63) is 71.9 Å². The smallest absolute Gasteiger partial charge is 0.247 e. The predicted octanol–water partition coefficient (Wildman–Crippen LogP) is 5.38. The first-order valence-corrected chi connectivity index (χ1v) is 12.3. The van der Waals surface area contributed by atoms with Crippen LogP contribution in [-0.4, -0.2) is 35.8 Å². The minimum absolute atomic E-state index is 0.434. The molecule has 0 spiro atoms. The van der Waals surface area contributed by atoms with Gasteiger partial charge in [0.15, 0.2) is 0 Å². The Labute approximate surface area is 203 Å². The van der Waals surface area contributed by atoms with Crippen molar-refractivity contribution < 1.29 is 4.42 Å². The van der Waals surface area contributed by atoms with E-state index >= 15 is 0 Å². The molecule has 3 atom stereocenters. The summed E-state index contributed by atoms with van der Waals surface area (Å²) in [6, 6.07) is 14.3. The zero-order valence-corrected chi connectivity index (χ0v) is 21.0. The number of anilines is 1. The predicted molar refractivity (Wildman–Crippen MR) is 137 cm³/mol. The van der Waals surface area contributed by atoms with Crippen molar-refractivity contribution in [2.45, 2.75) is 40.2 Å². The molecule has 1 aromatic carbocycles. The average Bonchev–Trinajstić information content (AvgIpc) is 3.30. The van der Waals surface area contributed by atoms with E-state index in [1.807, 2.05) is 44.6 Å². The van der Waals surface area contributed by atoms with E-state index in [4.69, 9.17) is 4.42 Å². The van der Waals surface area contributed by atoms with E-state index in [9.17, 15) is 0 Å². The molecule has 0 saturated heterocycles. The van der Waals surface area contributed by atoms with Gasteiger partial charge in [0.25, 0.3) is 0 Å². The number of pyridine rings is 1. The standard InChI is InChI=1S/C28H37N5O/c1-19(2)26-15-22(20(3)14-23(26)17-29-18-24-8-6-7-13-30-24)16-27-31-32-28(34-27)21-9-11-25(12-10-21)33(4)5/h6-14,19,22-23,26,29H,15-18H2,1-5H3/t22-,23-,26-/m0/s1. The van der Waals surface area contributed by atoms with Gasteiger partial charge >= 0.3 is 0 Å². The highest BCUT2D eigenvalue weighted by molar-refractivity contribution is 5.58. The van der Waals surface area contributed by atoms with Gasteiger partial charge in [-0.25, -0.2) is 0 Å². The lowest BCUT2D eigenvalue weighted by Crippen LogP contribution is -2.34. The van der Waals surface area contributed by atoms with Crippen molar-refractivity contribution in [2.24, 2.45) is 23.7 Å². The van der Waals surface area contributed by atoms with Crippen LogP contribution in [0.5, 0.6) is 0 Å². The first-order valence-electron chi connectivity index (χ1n) is 12.3. The summed E-state index contributed by atoms with van der Waals surface area (Å²) in [5.74, 6) is 3.50. The van der Waals surface area contributed by atoms with Crippen LogP contribution in [0.25, 0.3) is 11.5 Å². The molecule has 1 aliphatic carbocycles. The van der Waals surface area contributed by atoms with E-state index in [0.29, 0.717) is 29.6 Å². The highest BCUT2D eigenvalue weighted by Crippen LogP contribution is 2.39.